The summed E-state index contributed by atoms with van der Waals surface area (Å²) in [6.45, 7) is 0. The molecule has 13 aromatic rings. The van der Waals surface area contributed by atoms with Crippen LogP contribution in [0.15, 0.2) is 170 Å². The minimum Gasteiger partial charge on any atom is -0.309 e. The molecular weight excluding hydrogens is 693 g/mol. The molecule has 0 amide bonds. The molecule has 0 aliphatic heterocycles. The largest absolute Gasteiger partial charge is 0.309 e. The molecule has 2 nitrogen and oxygen atoms in total. The second-order valence-corrected chi connectivity index (χ2v) is 16.6. The Labute approximate surface area is 316 Å². The highest BCUT2D eigenvalue weighted by Gasteiger charge is 2.18. The van der Waals surface area contributed by atoms with Crippen LogP contribution in [0.1, 0.15) is 0 Å². The van der Waals surface area contributed by atoms with Crippen molar-refractivity contribution in [1.82, 2.24) is 9.13 Å². The quantitative estimate of drug-likeness (QED) is 0.168. The van der Waals surface area contributed by atoms with E-state index in [4.69, 9.17) is 0 Å². The van der Waals surface area contributed by atoms with Crippen molar-refractivity contribution >= 4 is 128 Å². The van der Waals surface area contributed by atoms with Crippen LogP contribution in [0, 0.1) is 0 Å². The van der Waals surface area contributed by atoms with Crippen molar-refractivity contribution in [3.8, 4) is 11.4 Å². The van der Waals surface area contributed by atoms with Crippen LogP contribution < -0.4 is 0 Å². The molecule has 54 heavy (non-hydrogen) atoms. The molecule has 0 radical (unpaired) electrons. The van der Waals surface area contributed by atoms with Crippen molar-refractivity contribution in [1.29, 1.82) is 0 Å². The first-order valence-electron chi connectivity index (χ1n) is 18.4. The first-order chi connectivity index (χ1) is 26.8. The van der Waals surface area contributed by atoms with Crippen molar-refractivity contribution in [3.63, 3.8) is 0 Å². The van der Waals surface area contributed by atoms with E-state index in [1.54, 1.807) is 0 Å². The standard InChI is InChI=1S/C50H28N2S2/c1-5-13-43-33(9-1)41-27-39-29(17-23-37-35-11-3-7-15-47(35)53-49(37)39)25-45(41)51(43)31-19-21-32(22-20-31)52-44-14-6-2-10-34(44)42-28-40-30(26-46(42)52)18-24-38-36-12-4-8-16-48(36)54-50(38)40/h1-28H. The van der Waals surface area contributed by atoms with E-state index in [-0.39, 0.29) is 0 Å². The van der Waals surface area contributed by atoms with Crippen molar-refractivity contribution in [2.75, 3.05) is 0 Å². The van der Waals surface area contributed by atoms with E-state index < -0.39 is 0 Å². The maximum absolute atomic E-state index is 2.44. The second-order valence-electron chi connectivity index (χ2n) is 14.5. The summed E-state index contributed by atoms with van der Waals surface area (Å²) in [7, 11) is 0. The zero-order valence-corrected chi connectivity index (χ0v) is 30.5. The van der Waals surface area contributed by atoms with Crippen LogP contribution in [-0.4, -0.2) is 9.13 Å². The zero-order chi connectivity index (χ0) is 35.1. The van der Waals surface area contributed by atoms with Crippen LogP contribution >= 0.6 is 22.7 Å². The number of hydrogen-bond acceptors (Lipinski definition) is 2. The third kappa shape index (κ3) is 3.83. The number of fused-ring (bicyclic) bond motifs is 16. The highest BCUT2D eigenvalue weighted by molar-refractivity contribution is 7.27. The van der Waals surface area contributed by atoms with E-state index in [9.17, 15) is 0 Å². The number of aromatic nitrogens is 2. The van der Waals surface area contributed by atoms with Gasteiger partial charge in [-0.1, -0.05) is 97.1 Å². The number of para-hydroxylation sites is 2. The lowest BCUT2D eigenvalue weighted by Crippen LogP contribution is -1.97. The van der Waals surface area contributed by atoms with E-state index in [0.717, 1.165) is 11.4 Å². The third-order valence-corrected chi connectivity index (χ3v) is 14.1. The number of thiophene rings is 2. The molecule has 13 rings (SSSR count). The zero-order valence-electron chi connectivity index (χ0n) is 28.9. The molecule has 250 valence electrons. The minimum absolute atomic E-state index is 1.16. The van der Waals surface area contributed by atoms with Gasteiger partial charge in [0, 0.05) is 84.0 Å². The lowest BCUT2D eigenvalue weighted by Gasteiger charge is -2.12. The Balaban J connectivity index is 1.01. The predicted molar refractivity (Wildman–Crippen MR) is 236 cm³/mol. The second kappa shape index (κ2) is 10.6. The molecule has 0 atom stereocenters. The van der Waals surface area contributed by atoms with E-state index in [2.05, 4.69) is 179 Å². The highest BCUT2D eigenvalue weighted by atomic mass is 32.1. The Bertz CT molecular complexity index is 3480. The van der Waals surface area contributed by atoms with Crippen LogP contribution in [0.25, 0.3) is 117 Å². The topological polar surface area (TPSA) is 9.86 Å². The number of rotatable bonds is 2. The average Bonchev–Trinajstić information content (AvgIpc) is 3.97. The van der Waals surface area contributed by atoms with E-state index in [1.807, 2.05) is 22.7 Å². The van der Waals surface area contributed by atoms with E-state index in [1.165, 1.54) is 106 Å². The Morgan fingerprint density at radius 2 is 0.685 bits per heavy atom. The SMILES string of the molecule is c1ccc2c(c1)sc1c3cc4c5ccccc5n(-c5ccc(-n6c7ccccc7c7cc8c(ccc9c%10ccccc%10sc89)cc76)cc5)c4cc3ccc21. The molecule has 0 spiro atoms. The van der Waals surface area contributed by atoms with Crippen molar-refractivity contribution in [3.05, 3.63) is 170 Å². The monoisotopic (exact) mass is 720 g/mol. The first-order valence-corrected chi connectivity index (χ1v) is 20.1. The Morgan fingerprint density at radius 3 is 1.15 bits per heavy atom. The lowest BCUT2D eigenvalue weighted by atomic mass is 10.0. The van der Waals surface area contributed by atoms with Gasteiger partial charge in [-0.15, -0.1) is 22.7 Å². The highest BCUT2D eigenvalue weighted by Crippen LogP contribution is 2.44. The molecule has 0 aliphatic carbocycles. The molecule has 4 aromatic heterocycles. The van der Waals surface area contributed by atoms with Gasteiger partial charge in [0.15, 0.2) is 0 Å². The fourth-order valence-electron chi connectivity index (χ4n) is 9.25. The fraction of sp³-hybridized carbons (Fsp3) is 0. The van der Waals surface area contributed by atoms with Crippen molar-refractivity contribution < 1.29 is 0 Å². The van der Waals surface area contributed by atoms with Gasteiger partial charge in [0.05, 0.1) is 22.1 Å². The molecule has 0 aliphatic rings. The molecule has 0 unspecified atom stereocenters. The normalized spacial score (nSPS) is 12.4. The van der Waals surface area contributed by atoms with Gasteiger partial charge in [-0.25, -0.2) is 0 Å². The fourth-order valence-corrected chi connectivity index (χ4v) is 11.7. The summed E-state index contributed by atoms with van der Waals surface area (Å²) < 4.78 is 10.3. The molecule has 0 N–H and O–H groups in total. The van der Waals surface area contributed by atoms with E-state index >= 15 is 0 Å². The first kappa shape index (κ1) is 29.0. The molecule has 4 heteroatoms. The van der Waals surface area contributed by atoms with Crippen LogP contribution in [0.5, 0.6) is 0 Å². The van der Waals surface area contributed by atoms with E-state index in [0.29, 0.717) is 0 Å². The van der Waals surface area contributed by atoms with Gasteiger partial charge in [0.1, 0.15) is 0 Å². The molecule has 0 saturated heterocycles. The molecule has 9 aromatic carbocycles. The number of hydrogen-bond donors (Lipinski definition) is 0. The molecular formula is C50H28N2S2. The summed E-state index contributed by atoms with van der Waals surface area (Å²) in [4.78, 5) is 0. The molecule has 0 saturated carbocycles. The molecule has 0 bridgehead atoms. The van der Waals surface area contributed by atoms with Crippen LogP contribution in [0.2, 0.25) is 0 Å². The van der Waals surface area contributed by atoms with Gasteiger partial charge in [0.2, 0.25) is 0 Å². The number of nitrogens with zero attached hydrogens (tertiary/aromatic N) is 2. The van der Waals surface area contributed by atoms with Crippen LogP contribution in [-0.2, 0) is 0 Å². The Hall–Kier alpha value is -6.46. The predicted octanol–water partition coefficient (Wildman–Crippen LogP) is 14.9. The van der Waals surface area contributed by atoms with Gasteiger partial charge in [0.25, 0.3) is 0 Å². The van der Waals surface area contributed by atoms with Gasteiger partial charge in [-0.3, -0.25) is 0 Å². The summed E-state index contributed by atoms with van der Waals surface area (Å²) in [5.41, 5.74) is 7.22. The summed E-state index contributed by atoms with van der Waals surface area (Å²) in [5, 5.41) is 15.7. The molecule has 0 fully saturated rings. The Kier molecular flexibility index (Phi) is 5.69. The summed E-state index contributed by atoms with van der Waals surface area (Å²) >= 11 is 3.81. The summed E-state index contributed by atoms with van der Waals surface area (Å²) in [6, 6.07) is 63.3. The average molecular weight is 721 g/mol. The van der Waals surface area contributed by atoms with Gasteiger partial charge >= 0.3 is 0 Å². The van der Waals surface area contributed by atoms with Crippen LogP contribution in [0.4, 0.5) is 0 Å². The molecule has 4 heterocycles. The maximum atomic E-state index is 2.44. The van der Waals surface area contributed by atoms with Gasteiger partial charge in [-0.2, -0.15) is 0 Å². The number of benzene rings is 9. The maximum Gasteiger partial charge on any atom is 0.0547 e. The Morgan fingerprint density at radius 1 is 0.278 bits per heavy atom. The smallest absolute Gasteiger partial charge is 0.0547 e. The van der Waals surface area contributed by atoms with Gasteiger partial charge in [-0.05, 0) is 83.6 Å². The van der Waals surface area contributed by atoms with Crippen molar-refractivity contribution in [2.24, 2.45) is 0 Å². The third-order valence-electron chi connectivity index (χ3n) is 11.7. The lowest BCUT2D eigenvalue weighted by molar-refractivity contribution is 1.15. The summed E-state index contributed by atoms with van der Waals surface area (Å²) in [5.74, 6) is 0. The van der Waals surface area contributed by atoms with Crippen LogP contribution in [0.3, 0.4) is 0 Å². The van der Waals surface area contributed by atoms with Gasteiger partial charge < -0.3 is 9.13 Å². The van der Waals surface area contributed by atoms with Crippen molar-refractivity contribution in [2.45, 2.75) is 0 Å². The summed E-state index contributed by atoms with van der Waals surface area (Å²) in [6.07, 6.45) is 0. The minimum atomic E-state index is 1.16.